The Hall–Kier alpha value is -2.96. The lowest BCUT2D eigenvalue weighted by molar-refractivity contribution is -0.384. The number of benzene rings is 1. The molecule has 1 aliphatic rings. The Kier molecular flexibility index (Phi) is 3.69. The molecule has 0 N–H and O–H groups in total. The number of nitrogens with zero attached hydrogens (tertiary/aromatic N) is 3. The summed E-state index contributed by atoms with van der Waals surface area (Å²) in [5.41, 5.74) is 2.51. The van der Waals surface area contributed by atoms with Crippen LogP contribution in [0.4, 0.5) is 11.4 Å². The molecule has 7 nitrogen and oxygen atoms in total. The lowest BCUT2D eigenvalue weighted by Crippen LogP contribution is -2.31. The highest BCUT2D eigenvalue weighted by molar-refractivity contribution is 5.99. The van der Waals surface area contributed by atoms with Gasteiger partial charge in [-0.1, -0.05) is 0 Å². The summed E-state index contributed by atoms with van der Waals surface area (Å²) in [6.45, 7) is 0. The second-order valence-corrected chi connectivity index (χ2v) is 5.33. The Morgan fingerprint density at radius 3 is 2.70 bits per heavy atom. The van der Waals surface area contributed by atoms with Crippen LogP contribution in [0.1, 0.15) is 12.0 Å². The number of hydrogen-bond donors (Lipinski definition) is 0. The minimum atomic E-state index is -0.453. The van der Waals surface area contributed by atoms with Crippen molar-refractivity contribution in [1.82, 2.24) is 4.98 Å². The Morgan fingerprint density at radius 1 is 1.22 bits per heavy atom. The fourth-order valence-corrected chi connectivity index (χ4v) is 2.78. The fraction of sp³-hybridized carbons (Fsp3) is 0.250. The van der Waals surface area contributed by atoms with E-state index in [0.717, 1.165) is 11.1 Å². The summed E-state index contributed by atoms with van der Waals surface area (Å²) < 4.78 is 5.15. The molecule has 0 saturated heterocycles. The van der Waals surface area contributed by atoms with Crippen LogP contribution >= 0.6 is 0 Å². The van der Waals surface area contributed by atoms with Crippen molar-refractivity contribution in [3.8, 4) is 16.9 Å². The molecule has 3 rings (SSSR count). The van der Waals surface area contributed by atoms with E-state index in [2.05, 4.69) is 4.98 Å². The molecule has 1 aromatic carbocycles. The van der Waals surface area contributed by atoms with Crippen molar-refractivity contribution in [2.75, 3.05) is 19.1 Å². The number of amides is 1. The maximum atomic E-state index is 11.8. The van der Waals surface area contributed by atoms with E-state index in [9.17, 15) is 14.9 Å². The number of carbonyl (C=O) groups is 1. The van der Waals surface area contributed by atoms with Crippen molar-refractivity contribution in [2.24, 2.45) is 0 Å². The summed E-state index contributed by atoms with van der Waals surface area (Å²) >= 11 is 0. The predicted molar refractivity (Wildman–Crippen MR) is 84.6 cm³/mol. The van der Waals surface area contributed by atoms with E-state index in [1.807, 2.05) is 6.07 Å². The second kappa shape index (κ2) is 5.68. The lowest BCUT2D eigenvalue weighted by atomic mass is 9.95. The molecule has 0 unspecified atom stereocenters. The van der Waals surface area contributed by atoms with Crippen LogP contribution in [-0.2, 0) is 11.2 Å². The quantitative estimate of drug-likeness (QED) is 0.642. The van der Waals surface area contributed by atoms with E-state index in [1.165, 1.54) is 18.1 Å². The zero-order chi connectivity index (χ0) is 16.6. The molecule has 0 atom stereocenters. The van der Waals surface area contributed by atoms with Crippen LogP contribution in [0.3, 0.4) is 0 Å². The van der Waals surface area contributed by atoms with Crippen molar-refractivity contribution in [1.29, 1.82) is 0 Å². The van der Waals surface area contributed by atoms with Crippen LogP contribution in [0.25, 0.3) is 11.1 Å². The van der Waals surface area contributed by atoms with Crippen molar-refractivity contribution in [3.63, 3.8) is 0 Å². The minimum absolute atomic E-state index is 0.0733. The maximum Gasteiger partial charge on any atom is 0.293 e. The minimum Gasteiger partial charge on any atom is -0.495 e. The third-order valence-corrected chi connectivity index (χ3v) is 3.97. The van der Waals surface area contributed by atoms with Crippen molar-refractivity contribution < 1.29 is 14.5 Å². The van der Waals surface area contributed by atoms with Crippen molar-refractivity contribution >= 4 is 17.3 Å². The number of aromatic nitrogens is 1. The maximum absolute atomic E-state index is 11.8. The van der Waals surface area contributed by atoms with Crippen molar-refractivity contribution in [2.45, 2.75) is 12.8 Å². The van der Waals surface area contributed by atoms with Gasteiger partial charge in [-0.2, -0.15) is 0 Å². The number of methoxy groups -OCH3 is 1. The molecule has 0 fully saturated rings. The van der Waals surface area contributed by atoms with Crippen LogP contribution < -0.4 is 9.64 Å². The molecule has 1 aromatic heterocycles. The van der Waals surface area contributed by atoms with Crippen LogP contribution in [0.2, 0.25) is 0 Å². The normalized spacial score (nSPS) is 13.7. The third kappa shape index (κ3) is 2.61. The fourth-order valence-electron chi connectivity index (χ4n) is 2.78. The molecule has 0 aliphatic carbocycles. The Bertz CT molecular complexity index is 804. The highest BCUT2D eigenvalue weighted by Crippen LogP contribution is 2.39. The molecule has 118 valence electrons. The average Bonchev–Trinajstić information content (AvgIpc) is 2.57. The number of hydrogen-bond acceptors (Lipinski definition) is 5. The van der Waals surface area contributed by atoms with E-state index in [4.69, 9.17) is 4.74 Å². The summed E-state index contributed by atoms with van der Waals surface area (Å²) in [4.78, 5) is 28.3. The number of aryl methyl sites for hydroxylation is 1. The summed E-state index contributed by atoms with van der Waals surface area (Å²) in [6.07, 6.45) is 4.04. The summed E-state index contributed by atoms with van der Waals surface area (Å²) in [7, 11) is 3.11. The third-order valence-electron chi connectivity index (χ3n) is 3.97. The summed E-state index contributed by atoms with van der Waals surface area (Å²) in [5, 5.41) is 11.5. The van der Waals surface area contributed by atoms with E-state index in [-0.39, 0.29) is 11.6 Å². The van der Waals surface area contributed by atoms with E-state index in [1.54, 1.807) is 25.5 Å². The first-order valence-electron chi connectivity index (χ1n) is 7.08. The number of nitro benzene ring substituents is 1. The smallest absolute Gasteiger partial charge is 0.293 e. The number of nitro groups is 1. The Morgan fingerprint density at radius 2 is 2.00 bits per heavy atom. The first kappa shape index (κ1) is 15.0. The lowest BCUT2D eigenvalue weighted by Gasteiger charge is -2.25. The highest BCUT2D eigenvalue weighted by atomic mass is 16.6. The molecule has 2 aromatic rings. The van der Waals surface area contributed by atoms with Crippen LogP contribution in [0.5, 0.6) is 5.75 Å². The molecule has 1 amide bonds. The number of ether oxygens (including phenoxy) is 1. The van der Waals surface area contributed by atoms with Gasteiger partial charge in [-0.25, -0.2) is 0 Å². The molecular formula is C16H15N3O4. The van der Waals surface area contributed by atoms with E-state index >= 15 is 0 Å². The number of fused-ring (bicyclic) bond motifs is 1. The van der Waals surface area contributed by atoms with Gasteiger partial charge in [0.1, 0.15) is 11.4 Å². The molecule has 0 radical (unpaired) electrons. The van der Waals surface area contributed by atoms with Crippen LogP contribution in [0.15, 0.2) is 30.6 Å². The summed E-state index contributed by atoms with van der Waals surface area (Å²) in [6, 6.07) is 5.13. The van der Waals surface area contributed by atoms with Gasteiger partial charge in [0.2, 0.25) is 5.91 Å². The molecule has 2 heterocycles. The van der Waals surface area contributed by atoms with Gasteiger partial charge in [-0.05, 0) is 29.7 Å². The average molecular weight is 313 g/mol. The van der Waals surface area contributed by atoms with Gasteiger partial charge in [0.05, 0.1) is 18.2 Å². The molecule has 23 heavy (non-hydrogen) atoms. The van der Waals surface area contributed by atoms with Gasteiger partial charge < -0.3 is 9.64 Å². The molecule has 7 heteroatoms. The van der Waals surface area contributed by atoms with Gasteiger partial charge >= 0.3 is 0 Å². The van der Waals surface area contributed by atoms with Crippen molar-refractivity contribution in [3.05, 3.63) is 46.3 Å². The predicted octanol–water partition coefficient (Wildman–Crippen LogP) is 2.57. The van der Waals surface area contributed by atoms with E-state index < -0.39 is 4.92 Å². The summed E-state index contributed by atoms with van der Waals surface area (Å²) in [5.74, 6) is 0.464. The first-order chi connectivity index (χ1) is 11.0. The monoisotopic (exact) mass is 313 g/mol. The van der Waals surface area contributed by atoms with Gasteiger partial charge in [0.15, 0.2) is 0 Å². The van der Waals surface area contributed by atoms with Crippen LogP contribution in [-0.4, -0.2) is 30.0 Å². The first-order valence-corrected chi connectivity index (χ1v) is 7.08. The number of carbonyl (C=O) groups excluding carboxylic acids is 1. The Labute approximate surface area is 132 Å². The second-order valence-electron chi connectivity index (χ2n) is 5.33. The van der Waals surface area contributed by atoms with Gasteiger partial charge in [0, 0.05) is 31.3 Å². The molecule has 0 saturated carbocycles. The number of pyridine rings is 1. The zero-order valence-corrected chi connectivity index (χ0v) is 12.8. The largest absolute Gasteiger partial charge is 0.495 e. The molecule has 0 bridgehead atoms. The molecular weight excluding hydrogens is 298 g/mol. The zero-order valence-electron chi connectivity index (χ0n) is 12.8. The van der Waals surface area contributed by atoms with Gasteiger partial charge in [-0.15, -0.1) is 0 Å². The standard InChI is InChI=1S/C16H15N3O4/c1-18-15(20)4-3-10-5-11(7-14(16(10)18)19(21)22)12-6-13(23-2)9-17-8-12/h5-9H,3-4H2,1-2H3. The highest BCUT2D eigenvalue weighted by Gasteiger charge is 2.30. The number of rotatable bonds is 3. The topological polar surface area (TPSA) is 85.6 Å². The number of anilines is 1. The van der Waals surface area contributed by atoms with E-state index in [0.29, 0.717) is 29.8 Å². The molecule has 0 spiro atoms. The van der Waals surface area contributed by atoms with Gasteiger partial charge in [0.25, 0.3) is 5.69 Å². The molecule has 1 aliphatic heterocycles. The Balaban J connectivity index is 2.19. The van der Waals surface area contributed by atoms with Gasteiger partial charge in [-0.3, -0.25) is 19.9 Å². The van der Waals surface area contributed by atoms with Crippen LogP contribution in [0, 0.1) is 10.1 Å². The SMILES string of the molecule is COc1cncc(-c2cc3c(c([N+](=O)[O-])c2)N(C)C(=O)CC3)c1.